The fraction of sp³-hybridized carbons (Fsp3) is 0. The molecule has 9 heteroatoms. The van der Waals surface area contributed by atoms with Crippen LogP contribution in [-0.4, -0.2) is 54.1 Å². The SMILES string of the molecule is Nc1cc(S(=O)(=O)O)c(N)c2c1C(=O)c1ccccc1C2=O.[Na]. The summed E-state index contributed by atoms with van der Waals surface area (Å²) in [5.41, 5.74) is 10.5. The Kier molecular flexibility index (Phi) is 4.40. The number of fused-ring (bicyclic) bond motifs is 2. The third-order valence-electron chi connectivity index (χ3n) is 3.51. The average molecular weight is 341 g/mol. The number of nitrogens with two attached hydrogens (primary N) is 2. The van der Waals surface area contributed by atoms with Crippen LogP contribution in [0.15, 0.2) is 35.2 Å². The van der Waals surface area contributed by atoms with E-state index < -0.39 is 32.3 Å². The van der Waals surface area contributed by atoms with Gasteiger partial charge in [0.25, 0.3) is 10.1 Å². The van der Waals surface area contributed by atoms with Gasteiger partial charge in [0.15, 0.2) is 11.6 Å². The molecule has 1 aliphatic rings. The molecule has 2 aromatic carbocycles. The maximum absolute atomic E-state index is 12.5. The van der Waals surface area contributed by atoms with Gasteiger partial charge in [-0.05, 0) is 6.07 Å². The molecule has 0 heterocycles. The van der Waals surface area contributed by atoms with Crippen molar-refractivity contribution in [3.63, 3.8) is 0 Å². The third-order valence-corrected chi connectivity index (χ3v) is 4.40. The summed E-state index contributed by atoms with van der Waals surface area (Å²) in [6, 6.07) is 6.96. The minimum absolute atomic E-state index is 0. The van der Waals surface area contributed by atoms with Crippen molar-refractivity contribution in [3.05, 3.63) is 52.6 Å². The standard InChI is InChI=1S/C14H10N2O5S.Na/c15-8-5-9(22(19,20)21)12(16)11-10(8)13(17)6-3-1-2-4-7(6)14(11)18;/h1-5H,15-16H2,(H,19,20,21);. The van der Waals surface area contributed by atoms with Gasteiger partial charge in [-0.15, -0.1) is 0 Å². The Labute approximate surface area is 153 Å². The predicted molar refractivity (Wildman–Crippen MR) is 84.1 cm³/mol. The van der Waals surface area contributed by atoms with Gasteiger partial charge in [0.1, 0.15) is 4.90 Å². The minimum Gasteiger partial charge on any atom is -0.398 e. The van der Waals surface area contributed by atoms with Crippen LogP contribution in [0.25, 0.3) is 0 Å². The summed E-state index contributed by atoms with van der Waals surface area (Å²) in [6.07, 6.45) is 0. The van der Waals surface area contributed by atoms with Crippen molar-refractivity contribution in [2.75, 3.05) is 11.5 Å². The molecule has 0 bridgehead atoms. The molecule has 0 aliphatic heterocycles. The van der Waals surface area contributed by atoms with Gasteiger partial charge in [-0.3, -0.25) is 14.1 Å². The van der Waals surface area contributed by atoms with Gasteiger partial charge in [0.2, 0.25) is 0 Å². The van der Waals surface area contributed by atoms with E-state index in [-0.39, 0.29) is 57.5 Å². The molecule has 7 nitrogen and oxygen atoms in total. The number of nitrogen functional groups attached to an aromatic ring is 2. The van der Waals surface area contributed by atoms with E-state index in [1.807, 2.05) is 0 Å². The van der Waals surface area contributed by atoms with Gasteiger partial charge in [-0.25, -0.2) is 0 Å². The molecule has 0 saturated heterocycles. The molecule has 0 amide bonds. The molecule has 0 unspecified atom stereocenters. The van der Waals surface area contributed by atoms with E-state index >= 15 is 0 Å². The zero-order valence-corrected chi connectivity index (χ0v) is 14.8. The van der Waals surface area contributed by atoms with Crippen LogP contribution < -0.4 is 11.5 Å². The van der Waals surface area contributed by atoms with Gasteiger partial charge < -0.3 is 11.5 Å². The summed E-state index contributed by atoms with van der Waals surface area (Å²) in [5, 5.41) is 0. The Morgan fingerprint density at radius 2 is 1.39 bits per heavy atom. The number of anilines is 2. The normalized spacial score (nSPS) is 13.1. The van der Waals surface area contributed by atoms with E-state index in [1.165, 1.54) is 12.1 Å². The molecule has 0 fully saturated rings. The van der Waals surface area contributed by atoms with E-state index in [0.29, 0.717) is 0 Å². The summed E-state index contributed by atoms with van der Waals surface area (Å²) in [4.78, 5) is 24.3. The Balaban J connectivity index is 0.00000192. The van der Waals surface area contributed by atoms with Crippen molar-refractivity contribution in [1.29, 1.82) is 0 Å². The van der Waals surface area contributed by atoms with E-state index in [1.54, 1.807) is 12.1 Å². The summed E-state index contributed by atoms with van der Waals surface area (Å²) in [7, 11) is -4.68. The van der Waals surface area contributed by atoms with E-state index in [4.69, 9.17) is 11.5 Å². The van der Waals surface area contributed by atoms with Crippen LogP contribution in [0.5, 0.6) is 0 Å². The molecule has 0 aromatic heterocycles. The topological polar surface area (TPSA) is 141 Å². The Hall–Kier alpha value is -1.71. The second-order valence-corrected chi connectivity index (χ2v) is 6.20. The number of rotatable bonds is 1. The molecule has 2 aromatic rings. The van der Waals surface area contributed by atoms with Crippen LogP contribution in [0, 0.1) is 0 Å². The van der Waals surface area contributed by atoms with Gasteiger partial charge in [0, 0.05) is 46.4 Å². The summed E-state index contributed by atoms with van der Waals surface area (Å²) in [5.74, 6) is -1.13. The van der Waals surface area contributed by atoms with E-state index in [9.17, 15) is 22.6 Å². The molecular formula is C14H10N2NaO5S. The molecule has 113 valence electrons. The largest absolute Gasteiger partial charge is 0.398 e. The van der Waals surface area contributed by atoms with E-state index in [2.05, 4.69) is 0 Å². The molecule has 3 rings (SSSR count). The van der Waals surface area contributed by atoms with Crippen LogP contribution in [0.1, 0.15) is 31.8 Å². The number of carbonyl (C=O) groups is 2. The molecule has 5 N–H and O–H groups in total. The first-order chi connectivity index (χ1) is 10.2. The second-order valence-electron chi connectivity index (χ2n) is 4.81. The molecule has 23 heavy (non-hydrogen) atoms. The van der Waals surface area contributed by atoms with Crippen LogP contribution in [0.2, 0.25) is 0 Å². The van der Waals surface area contributed by atoms with Crippen molar-refractivity contribution >= 4 is 62.6 Å². The number of hydrogen-bond acceptors (Lipinski definition) is 6. The third kappa shape index (κ3) is 2.58. The quantitative estimate of drug-likeness (QED) is 0.332. The Morgan fingerprint density at radius 3 is 1.87 bits per heavy atom. The van der Waals surface area contributed by atoms with Gasteiger partial charge in [-0.1, -0.05) is 24.3 Å². The summed E-state index contributed by atoms with van der Waals surface area (Å²) >= 11 is 0. The Morgan fingerprint density at radius 1 is 0.913 bits per heavy atom. The average Bonchev–Trinajstić information content (AvgIpc) is 2.45. The summed E-state index contributed by atoms with van der Waals surface area (Å²) in [6.45, 7) is 0. The minimum atomic E-state index is -4.68. The fourth-order valence-corrected chi connectivity index (χ4v) is 3.19. The molecule has 0 saturated carbocycles. The van der Waals surface area contributed by atoms with Crippen molar-refractivity contribution in [3.8, 4) is 0 Å². The predicted octanol–water partition coefficient (Wildman–Crippen LogP) is 0.492. The van der Waals surface area contributed by atoms with Crippen molar-refractivity contribution < 1.29 is 22.6 Å². The Bertz CT molecular complexity index is 969. The van der Waals surface area contributed by atoms with Crippen molar-refractivity contribution in [2.24, 2.45) is 0 Å². The van der Waals surface area contributed by atoms with Gasteiger partial charge in [0.05, 0.1) is 16.8 Å². The maximum atomic E-state index is 12.5. The van der Waals surface area contributed by atoms with Crippen LogP contribution in [0.4, 0.5) is 11.4 Å². The number of ketones is 2. The first kappa shape index (κ1) is 17.6. The fourth-order valence-electron chi connectivity index (χ4n) is 2.54. The number of carbonyl (C=O) groups excluding carboxylic acids is 2. The molecule has 1 aliphatic carbocycles. The van der Waals surface area contributed by atoms with Crippen LogP contribution >= 0.6 is 0 Å². The van der Waals surface area contributed by atoms with Crippen LogP contribution in [-0.2, 0) is 10.1 Å². The summed E-state index contributed by atoms with van der Waals surface area (Å²) < 4.78 is 31.9. The number of benzene rings is 2. The monoisotopic (exact) mass is 341 g/mol. The second kappa shape index (κ2) is 5.73. The molecular weight excluding hydrogens is 331 g/mol. The number of hydrogen-bond donors (Lipinski definition) is 3. The molecule has 0 spiro atoms. The smallest absolute Gasteiger partial charge is 0.296 e. The van der Waals surface area contributed by atoms with Gasteiger partial charge in [-0.2, -0.15) is 8.42 Å². The molecule has 0 atom stereocenters. The van der Waals surface area contributed by atoms with Crippen molar-refractivity contribution in [2.45, 2.75) is 4.90 Å². The zero-order valence-electron chi connectivity index (χ0n) is 12.0. The van der Waals surface area contributed by atoms with Gasteiger partial charge >= 0.3 is 0 Å². The maximum Gasteiger partial charge on any atom is 0.296 e. The van der Waals surface area contributed by atoms with Crippen molar-refractivity contribution in [1.82, 2.24) is 0 Å². The first-order valence-corrected chi connectivity index (χ1v) is 7.55. The first-order valence-electron chi connectivity index (χ1n) is 6.11. The molecule has 1 radical (unpaired) electrons. The van der Waals surface area contributed by atoms with Crippen LogP contribution in [0.3, 0.4) is 0 Å². The van der Waals surface area contributed by atoms with E-state index in [0.717, 1.165) is 6.07 Å². The zero-order chi connectivity index (χ0) is 16.2.